The average Bonchev–Trinajstić information content (AvgIpc) is 2.94. The van der Waals surface area contributed by atoms with Gasteiger partial charge < -0.3 is 9.30 Å². The molecule has 2 aromatic rings. The second kappa shape index (κ2) is 9.11. The zero-order valence-corrected chi connectivity index (χ0v) is 18.7. The zero-order valence-electron chi connectivity index (χ0n) is 17.2. The molecule has 0 radical (unpaired) electrons. The number of aromatic nitrogens is 1. The average molecular weight is 441 g/mol. The summed E-state index contributed by atoms with van der Waals surface area (Å²) in [5.74, 6) is -1.11. The lowest BCUT2D eigenvalue weighted by molar-refractivity contribution is 0.0474. The summed E-state index contributed by atoms with van der Waals surface area (Å²) in [7, 11) is -1.10. The Bertz CT molecular complexity index is 1040. The minimum atomic E-state index is -3.83. The normalized spacial score (nSPS) is 11.7. The van der Waals surface area contributed by atoms with Crippen molar-refractivity contribution < 1.29 is 22.7 Å². The summed E-state index contributed by atoms with van der Waals surface area (Å²) >= 11 is 5.98. The Kier molecular flexibility index (Phi) is 7.26. The highest BCUT2D eigenvalue weighted by molar-refractivity contribution is 7.89. The van der Waals surface area contributed by atoms with Crippen LogP contribution in [0.3, 0.4) is 0 Å². The first-order valence-electron chi connectivity index (χ1n) is 9.09. The molecule has 0 amide bonds. The number of aryl methyl sites for hydroxylation is 1. The molecule has 0 aliphatic carbocycles. The third-order valence-corrected chi connectivity index (χ3v) is 6.88. The molecule has 0 aliphatic heterocycles. The van der Waals surface area contributed by atoms with Gasteiger partial charge in [0, 0.05) is 37.6 Å². The van der Waals surface area contributed by atoms with Gasteiger partial charge in [-0.05, 0) is 44.5 Å². The second-order valence-electron chi connectivity index (χ2n) is 6.87. The number of hydrogen-bond acceptors (Lipinski definition) is 5. The van der Waals surface area contributed by atoms with Gasteiger partial charge in [0.25, 0.3) is 0 Å². The van der Waals surface area contributed by atoms with Crippen LogP contribution in [0, 0.1) is 13.8 Å². The second-order valence-corrected chi connectivity index (χ2v) is 9.40. The molecule has 0 atom stereocenters. The molecule has 0 saturated carbocycles. The number of carbonyl (C=O) groups excluding carboxylic acids is 2. The van der Waals surface area contributed by atoms with Crippen molar-refractivity contribution in [2.24, 2.45) is 0 Å². The minimum absolute atomic E-state index is 0.000851. The number of ether oxygens (including phenoxy) is 1. The monoisotopic (exact) mass is 440 g/mol. The highest BCUT2D eigenvalue weighted by Gasteiger charge is 2.23. The number of halogens is 1. The van der Waals surface area contributed by atoms with Crippen molar-refractivity contribution >= 4 is 33.4 Å². The van der Waals surface area contributed by atoms with Gasteiger partial charge in [0.15, 0.2) is 6.61 Å². The van der Waals surface area contributed by atoms with Gasteiger partial charge in [-0.1, -0.05) is 18.5 Å². The van der Waals surface area contributed by atoms with E-state index in [-0.39, 0.29) is 21.3 Å². The third-order valence-electron chi connectivity index (χ3n) is 4.58. The molecular weight excluding hydrogens is 416 g/mol. The first-order valence-corrected chi connectivity index (χ1v) is 10.9. The number of ketones is 1. The number of Topliss-reactive ketones (excluding diaryl/α,β-unsaturated/α-hetero) is 1. The number of hydrogen-bond donors (Lipinski definition) is 0. The summed E-state index contributed by atoms with van der Waals surface area (Å²) in [6.07, 6.45) is 0.938. The van der Waals surface area contributed by atoms with Gasteiger partial charge in [-0.2, -0.15) is 0 Å². The van der Waals surface area contributed by atoms with Crippen LogP contribution in [0.1, 0.15) is 45.4 Å². The number of benzene rings is 1. The fraction of sp³-hybridized carbons (Fsp3) is 0.400. The van der Waals surface area contributed by atoms with Crippen molar-refractivity contribution in [2.45, 2.75) is 38.6 Å². The summed E-state index contributed by atoms with van der Waals surface area (Å²) in [5, 5.41) is -0.00492. The number of sulfonamides is 1. The topological polar surface area (TPSA) is 85.7 Å². The number of rotatable bonds is 8. The van der Waals surface area contributed by atoms with Crippen LogP contribution >= 0.6 is 11.6 Å². The van der Waals surface area contributed by atoms with Gasteiger partial charge >= 0.3 is 5.97 Å². The van der Waals surface area contributed by atoms with Crippen LogP contribution in [0.25, 0.3) is 0 Å². The van der Waals surface area contributed by atoms with E-state index in [0.717, 1.165) is 34.7 Å². The summed E-state index contributed by atoms with van der Waals surface area (Å²) in [4.78, 5) is 24.7. The fourth-order valence-electron chi connectivity index (χ4n) is 2.97. The molecule has 0 fully saturated rings. The van der Waals surface area contributed by atoms with Gasteiger partial charge in [-0.3, -0.25) is 4.79 Å². The standard InChI is InChI=1S/C20H25ClN2O5S/c1-6-9-23-13(2)10-16(14(23)3)18(24)12-28-20(25)15-7-8-17(21)19(11-15)29(26,27)22(4)5/h7-8,10-11H,6,9,12H2,1-5H3. The van der Waals surface area contributed by atoms with Crippen LogP contribution < -0.4 is 0 Å². The maximum absolute atomic E-state index is 12.5. The van der Waals surface area contributed by atoms with Gasteiger partial charge in [-0.25, -0.2) is 17.5 Å². The van der Waals surface area contributed by atoms with Crippen LogP contribution in [0.5, 0.6) is 0 Å². The molecule has 0 N–H and O–H groups in total. The summed E-state index contributed by atoms with van der Waals surface area (Å²) in [6, 6.07) is 5.61. The molecule has 0 bridgehead atoms. The largest absolute Gasteiger partial charge is 0.454 e. The molecule has 0 unspecified atom stereocenters. The van der Waals surface area contributed by atoms with E-state index < -0.39 is 22.6 Å². The molecule has 29 heavy (non-hydrogen) atoms. The third kappa shape index (κ3) is 4.88. The fourth-order valence-corrected chi connectivity index (χ4v) is 4.36. The Balaban J connectivity index is 2.18. The number of carbonyl (C=O) groups is 2. The van der Waals surface area contributed by atoms with Crippen molar-refractivity contribution in [3.63, 3.8) is 0 Å². The quantitative estimate of drug-likeness (QED) is 0.463. The minimum Gasteiger partial charge on any atom is -0.454 e. The van der Waals surface area contributed by atoms with Crippen molar-refractivity contribution in [1.29, 1.82) is 0 Å². The van der Waals surface area contributed by atoms with E-state index in [9.17, 15) is 18.0 Å². The summed E-state index contributed by atoms with van der Waals surface area (Å²) in [5.41, 5.74) is 2.31. The Morgan fingerprint density at radius 3 is 2.41 bits per heavy atom. The summed E-state index contributed by atoms with van der Waals surface area (Å²) < 4.78 is 32.8. The smallest absolute Gasteiger partial charge is 0.338 e. The Morgan fingerprint density at radius 1 is 1.17 bits per heavy atom. The van der Waals surface area contributed by atoms with Crippen molar-refractivity contribution in [2.75, 3.05) is 20.7 Å². The molecule has 1 heterocycles. The van der Waals surface area contributed by atoms with Crippen LogP contribution in [0.15, 0.2) is 29.2 Å². The van der Waals surface area contributed by atoms with Crippen molar-refractivity contribution in [3.8, 4) is 0 Å². The van der Waals surface area contributed by atoms with Gasteiger partial charge in [0.2, 0.25) is 15.8 Å². The Labute approximate surface area is 176 Å². The lowest BCUT2D eigenvalue weighted by Gasteiger charge is -2.13. The highest BCUT2D eigenvalue weighted by atomic mass is 35.5. The zero-order chi connectivity index (χ0) is 21.9. The van der Waals surface area contributed by atoms with E-state index >= 15 is 0 Å². The van der Waals surface area contributed by atoms with Crippen LogP contribution in [0.4, 0.5) is 0 Å². The molecule has 0 saturated heterocycles. The highest BCUT2D eigenvalue weighted by Crippen LogP contribution is 2.25. The van der Waals surface area contributed by atoms with E-state index in [2.05, 4.69) is 6.92 Å². The maximum atomic E-state index is 12.5. The van der Waals surface area contributed by atoms with Crippen LogP contribution in [-0.4, -0.2) is 49.7 Å². The molecule has 9 heteroatoms. The SMILES string of the molecule is CCCn1c(C)cc(C(=O)COC(=O)c2ccc(Cl)c(S(=O)(=O)N(C)C)c2)c1C. The van der Waals surface area contributed by atoms with E-state index in [1.807, 2.05) is 18.4 Å². The van der Waals surface area contributed by atoms with E-state index in [4.69, 9.17) is 16.3 Å². The van der Waals surface area contributed by atoms with Crippen LogP contribution in [0.2, 0.25) is 5.02 Å². The lowest BCUT2D eigenvalue weighted by Crippen LogP contribution is -2.23. The molecule has 158 valence electrons. The molecule has 0 aliphatic rings. The van der Waals surface area contributed by atoms with E-state index in [0.29, 0.717) is 5.56 Å². The molecule has 7 nitrogen and oxygen atoms in total. The summed E-state index contributed by atoms with van der Waals surface area (Å²) in [6.45, 7) is 6.20. The van der Waals surface area contributed by atoms with Crippen LogP contribution in [-0.2, 0) is 21.3 Å². The predicted molar refractivity (Wildman–Crippen MR) is 111 cm³/mol. The first kappa shape index (κ1) is 23.1. The molecule has 1 aromatic heterocycles. The molecule has 0 spiro atoms. The number of nitrogens with zero attached hydrogens (tertiary/aromatic N) is 2. The Hall–Kier alpha value is -2.16. The molecular formula is C20H25ClN2O5S. The van der Waals surface area contributed by atoms with Crippen molar-refractivity contribution in [1.82, 2.24) is 8.87 Å². The maximum Gasteiger partial charge on any atom is 0.338 e. The van der Waals surface area contributed by atoms with E-state index in [1.54, 1.807) is 6.07 Å². The van der Waals surface area contributed by atoms with Gasteiger partial charge in [-0.15, -0.1) is 0 Å². The first-order chi connectivity index (χ1) is 13.5. The van der Waals surface area contributed by atoms with E-state index in [1.165, 1.54) is 26.2 Å². The molecule has 1 aromatic carbocycles. The van der Waals surface area contributed by atoms with Gasteiger partial charge in [0.05, 0.1) is 10.6 Å². The molecule has 2 rings (SSSR count). The predicted octanol–water partition coefficient (Wildman–Crippen LogP) is 3.46. The van der Waals surface area contributed by atoms with Crippen molar-refractivity contribution in [3.05, 3.63) is 51.8 Å². The lowest BCUT2D eigenvalue weighted by atomic mass is 10.1. The Morgan fingerprint density at radius 2 is 1.83 bits per heavy atom. The number of esters is 1. The van der Waals surface area contributed by atoms with Gasteiger partial charge in [0.1, 0.15) is 4.90 Å².